The van der Waals surface area contributed by atoms with Crippen molar-refractivity contribution < 1.29 is 14.1 Å². The first-order valence-electron chi connectivity index (χ1n) is 8.42. The van der Waals surface area contributed by atoms with Crippen LogP contribution >= 0.6 is 0 Å². The van der Waals surface area contributed by atoms with Gasteiger partial charge in [-0.2, -0.15) is 4.98 Å². The highest BCUT2D eigenvalue weighted by atomic mass is 16.5. The number of hydrogen-bond acceptors (Lipinski definition) is 6. The fourth-order valence-electron chi connectivity index (χ4n) is 3.12. The predicted molar refractivity (Wildman–Crippen MR) is 89.7 cm³/mol. The summed E-state index contributed by atoms with van der Waals surface area (Å²) < 4.78 is 10.7. The maximum atomic E-state index is 12.9. The first-order valence-corrected chi connectivity index (χ1v) is 8.42. The Bertz CT molecular complexity index is 705. The molecule has 1 aliphatic heterocycles. The summed E-state index contributed by atoms with van der Waals surface area (Å²) in [4.78, 5) is 22.9. The molecule has 1 N–H and O–H groups in total. The molecule has 3 heterocycles. The topological polar surface area (TPSA) is 93.4 Å². The van der Waals surface area contributed by atoms with Crippen LogP contribution in [0.4, 0.5) is 4.79 Å². The minimum absolute atomic E-state index is 0.0519. The Morgan fingerprint density at radius 1 is 1.48 bits per heavy atom. The molecule has 3 atom stereocenters. The molecule has 0 aliphatic carbocycles. The van der Waals surface area contributed by atoms with E-state index in [0.717, 1.165) is 12.0 Å². The van der Waals surface area contributed by atoms with Crippen LogP contribution in [-0.4, -0.2) is 45.8 Å². The van der Waals surface area contributed by atoms with Gasteiger partial charge in [0.2, 0.25) is 5.89 Å². The molecule has 1 aliphatic rings. The summed E-state index contributed by atoms with van der Waals surface area (Å²) in [7, 11) is 1.65. The SMILES string of the molecule is CCC(NC(=O)N1C[C@@H](OC)C[C@@H]1c1nc(C)no1)c1ccncc1. The maximum Gasteiger partial charge on any atom is 0.318 e. The zero-order chi connectivity index (χ0) is 17.8. The van der Waals surface area contributed by atoms with E-state index in [2.05, 4.69) is 20.4 Å². The van der Waals surface area contributed by atoms with Gasteiger partial charge in [0.1, 0.15) is 6.04 Å². The third kappa shape index (κ3) is 3.79. The smallest absolute Gasteiger partial charge is 0.318 e. The number of amides is 2. The normalized spacial score (nSPS) is 21.3. The van der Waals surface area contributed by atoms with Crippen molar-refractivity contribution in [2.75, 3.05) is 13.7 Å². The molecular formula is C17H23N5O3. The lowest BCUT2D eigenvalue weighted by Gasteiger charge is -2.25. The van der Waals surface area contributed by atoms with E-state index in [1.54, 1.807) is 31.3 Å². The van der Waals surface area contributed by atoms with Gasteiger partial charge in [-0.1, -0.05) is 12.1 Å². The Hall–Kier alpha value is -2.48. The highest BCUT2D eigenvalue weighted by molar-refractivity contribution is 5.75. The number of pyridine rings is 1. The number of aromatic nitrogens is 3. The number of methoxy groups -OCH3 is 1. The van der Waals surface area contributed by atoms with Gasteiger partial charge in [0, 0.05) is 32.5 Å². The zero-order valence-corrected chi connectivity index (χ0v) is 14.7. The number of rotatable bonds is 5. The summed E-state index contributed by atoms with van der Waals surface area (Å²) >= 11 is 0. The largest absolute Gasteiger partial charge is 0.380 e. The average Bonchev–Trinajstić information content (AvgIpc) is 3.26. The monoisotopic (exact) mass is 345 g/mol. The van der Waals surface area contributed by atoms with Crippen LogP contribution in [0.3, 0.4) is 0 Å². The van der Waals surface area contributed by atoms with E-state index in [1.807, 2.05) is 19.1 Å². The second-order valence-electron chi connectivity index (χ2n) is 6.13. The van der Waals surface area contributed by atoms with Crippen molar-refractivity contribution in [3.63, 3.8) is 0 Å². The number of nitrogens with one attached hydrogen (secondary N) is 1. The Morgan fingerprint density at radius 3 is 2.84 bits per heavy atom. The molecule has 3 rings (SSSR count). The molecule has 0 bridgehead atoms. The molecule has 25 heavy (non-hydrogen) atoms. The fraction of sp³-hybridized carbons (Fsp3) is 0.529. The quantitative estimate of drug-likeness (QED) is 0.894. The molecule has 8 heteroatoms. The number of urea groups is 1. The van der Waals surface area contributed by atoms with E-state index in [9.17, 15) is 4.79 Å². The number of likely N-dealkylation sites (tertiary alicyclic amines) is 1. The minimum atomic E-state index is -0.277. The molecule has 2 amide bonds. The van der Waals surface area contributed by atoms with Crippen LogP contribution in [-0.2, 0) is 4.74 Å². The number of nitrogens with zero attached hydrogens (tertiary/aromatic N) is 4. The highest BCUT2D eigenvalue weighted by Gasteiger charge is 2.40. The standard InChI is InChI=1S/C17H23N5O3/c1-4-14(12-5-7-18-8-6-12)20-17(23)22-10-13(24-3)9-15(22)16-19-11(2)21-25-16/h5-8,13-15H,4,9-10H2,1-3H3,(H,20,23)/t13-,14?,15+/m0/s1. The van der Waals surface area contributed by atoms with Crippen molar-refractivity contribution in [1.29, 1.82) is 0 Å². The molecule has 1 fully saturated rings. The third-order valence-electron chi connectivity index (χ3n) is 4.50. The summed E-state index contributed by atoms with van der Waals surface area (Å²) in [5, 5.41) is 6.93. The van der Waals surface area contributed by atoms with Crippen molar-refractivity contribution >= 4 is 6.03 Å². The fourth-order valence-corrected chi connectivity index (χ4v) is 3.12. The molecule has 0 saturated carbocycles. The van der Waals surface area contributed by atoms with E-state index in [1.165, 1.54) is 0 Å². The van der Waals surface area contributed by atoms with Crippen molar-refractivity contribution in [1.82, 2.24) is 25.3 Å². The van der Waals surface area contributed by atoms with Gasteiger partial charge >= 0.3 is 6.03 Å². The second-order valence-corrected chi connectivity index (χ2v) is 6.13. The lowest BCUT2D eigenvalue weighted by Crippen LogP contribution is -2.42. The van der Waals surface area contributed by atoms with Gasteiger partial charge < -0.3 is 19.5 Å². The summed E-state index contributed by atoms with van der Waals surface area (Å²) in [5.41, 5.74) is 1.03. The van der Waals surface area contributed by atoms with E-state index in [-0.39, 0.29) is 24.2 Å². The Morgan fingerprint density at radius 2 is 2.24 bits per heavy atom. The lowest BCUT2D eigenvalue weighted by atomic mass is 10.1. The number of carbonyl (C=O) groups is 1. The van der Waals surface area contributed by atoms with Crippen LogP contribution < -0.4 is 5.32 Å². The Labute approximate surface area is 146 Å². The number of aryl methyl sites for hydroxylation is 1. The van der Waals surface area contributed by atoms with Gasteiger partial charge in [0.15, 0.2) is 5.82 Å². The zero-order valence-electron chi connectivity index (χ0n) is 14.7. The van der Waals surface area contributed by atoms with Crippen LogP contribution in [0.5, 0.6) is 0 Å². The summed E-state index contributed by atoms with van der Waals surface area (Å²) in [6.45, 7) is 4.28. The molecule has 0 spiro atoms. The molecule has 2 aromatic rings. The van der Waals surface area contributed by atoms with Gasteiger partial charge in [0.05, 0.1) is 12.1 Å². The molecule has 8 nitrogen and oxygen atoms in total. The molecule has 134 valence electrons. The molecule has 1 saturated heterocycles. The minimum Gasteiger partial charge on any atom is -0.380 e. The van der Waals surface area contributed by atoms with Crippen LogP contribution in [0, 0.1) is 6.92 Å². The number of carbonyl (C=O) groups excluding carboxylic acids is 1. The summed E-state index contributed by atoms with van der Waals surface area (Å²) in [6, 6.07) is 3.30. The molecule has 0 radical (unpaired) electrons. The van der Waals surface area contributed by atoms with E-state index in [0.29, 0.717) is 24.7 Å². The van der Waals surface area contributed by atoms with Crippen molar-refractivity contribution in [2.45, 2.75) is 44.9 Å². The molecular weight excluding hydrogens is 322 g/mol. The lowest BCUT2D eigenvalue weighted by molar-refractivity contribution is 0.110. The summed E-state index contributed by atoms with van der Waals surface area (Å²) in [6.07, 6.45) is 4.82. The first kappa shape index (κ1) is 17.3. The van der Waals surface area contributed by atoms with Gasteiger partial charge in [-0.25, -0.2) is 4.79 Å². The number of hydrogen-bond donors (Lipinski definition) is 1. The van der Waals surface area contributed by atoms with Crippen molar-refractivity contribution in [3.8, 4) is 0 Å². The van der Waals surface area contributed by atoms with Crippen LogP contribution in [0.1, 0.15) is 49.1 Å². The predicted octanol–water partition coefficient (Wildman–Crippen LogP) is 2.40. The van der Waals surface area contributed by atoms with E-state index in [4.69, 9.17) is 9.26 Å². The van der Waals surface area contributed by atoms with Crippen LogP contribution in [0.2, 0.25) is 0 Å². The number of ether oxygens (including phenoxy) is 1. The van der Waals surface area contributed by atoms with Crippen LogP contribution in [0.25, 0.3) is 0 Å². The molecule has 2 aromatic heterocycles. The maximum absolute atomic E-state index is 12.9. The average molecular weight is 345 g/mol. The van der Waals surface area contributed by atoms with Gasteiger partial charge in [-0.15, -0.1) is 0 Å². The third-order valence-corrected chi connectivity index (χ3v) is 4.50. The Balaban J connectivity index is 1.76. The second kappa shape index (κ2) is 7.60. The van der Waals surface area contributed by atoms with Gasteiger partial charge in [0.25, 0.3) is 0 Å². The van der Waals surface area contributed by atoms with E-state index >= 15 is 0 Å². The van der Waals surface area contributed by atoms with Crippen molar-refractivity contribution in [2.24, 2.45) is 0 Å². The van der Waals surface area contributed by atoms with Gasteiger partial charge in [-0.05, 0) is 31.0 Å². The highest BCUT2D eigenvalue weighted by Crippen LogP contribution is 2.33. The molecule has 1 unspecified atom stereocenters. The first-order chi connectivity index (χ1) is 12.1. The van der Waals surface area contributed by atoms with Crippen molar-refractivity contribution in [3.05, 3.63) is 41.8 Å². The Kier molecular flexibility index (Phi) is 5.28. The van der Waals surface area contributed by atoms with E-state index < -0.39 is 0 Å². The van der Waals surface area contributed by atoms with Gasteiger partial charge in [-0.3, -0.25) is 4.98 Å². The van der Waals surface area contributed by atoms with Crippen LogP contribution in [0.15, 0.2) is 29.0 Å². The molecule has 0 aromatic carbocycles. The summed E-state index contributed by atoms with van der Waals surface area (Å²) in [5.74, 6) is 1.00.